The largest absolute Gasteiger partial charge is 0.287 e. The van der Waals surface area contributed by atoms with Crippen molar-refractivity contribution in [3.63, 3.8) is 0 Å². The molecule has 132 valence electrons. The van der Waals surface area contributed by atoms with Gasteiger partial charge in [0.1, 0.15) is 0 Å². The Labute approximate surface area is 154 Å². The molecule has 0 aliphatic heterocycles. The van der Waals surface area contributed by atoms with Crippen LogP contribution in [0.25, 0.3) is 10.9 Å². The van der Waals surface area contributed by atoms with Gasteiger partial charge in [-0.1, -0.05) is 43.8 Å². The number of rotatable bonds is 3. The van der Waals surface area contributed by atoms with Crippen LogP contribution in [0.5, 0.6) is 0 Å². The number of hydrogen-bond donors (Lipinski definition) is 0. The highest BCUT2D eigenvalue weighted by Gasteiger charge is 2.40. The summed E-state index contributed by atoms with van der Waals surface area (Å²) in [4.78, 5) is 11.5. The molecular weight excluding hydrogens is 320 g/mol. The Hall–Kier alpha value is -2.86. The fourth-order valence-electron chi connectivity index (χ4n) is 4.32. The van der Waals surface area contributed by atoms with E-state index < -0.39 is 5.41 Å². The van der Waals surface area contributed by atoms with Crippen LogP contribution in [-0.2, 0) is 16.6 Å². The molecule has 0 saturated carbocycles. The van der Waals surface area contributed by atoms with Crippen LogP contribution in [0.15, 0.2) is 48.5 Å². The van der Waals surface area contributed by atoms with Gasteiger partial charge in [-0.25, -0.2) is 0 Å². The molecule has 0 N–H and O–H groups in total. The van der Waals surface area contributed by atoms with Crippen molar-refractivity contribution in [2.45, 2.75) is 45.4 Å². The van der Waals surface area contributed by atoms with Crippen molar-refractivity contribution in [1.82, 2.24) is 4.57 Å². The van der Waals surface area contributed by atoms with Gasteiger partial charge in [0.15, 0.2) is 0 Å². The molecule has 26 heavy (non-hydrogen) atoms. The summed E-state index contributed by atoms with van der Waals surface area (Å²) in [6.07, 6.45) is 2.84. The van der Waals surface area contributed by atoms with Crippen molar-refractivity contribution in [3.8, 4) is 6.07 Å². The first-order valence-electron chi connectivity index (χ1n) is 8.65. The minimum atomic E-state index is -0.618. The normalized spacial score (nSPS) is 17.8. The van der Waals surface area contributed by atoms with Crippen LogP contribution in [-0.4, -0.2) is 11.0 Å². The second-order valence-corrected chi connectivity index (χ2v) is 7.14. The lowest BCUT2D eigenvalue weighted by Gasteiger charge is -2.30. The molecule has 3 nitrogen and oxygen atoms in total. The zero-order valence-corrected chi connectivity index (χ0v) is 14.5. The lowest BCUT2D eigenvalue weighted by molar-refractivity contribution is 0.469. The van der Waals surface area contributed by atoms with E-state index in [1.165, 1.54) is 11.1 Å². The molecule has 0 spiro atoms. The second kappa shape index (κ2) is 6.46. The smallest absolute Gasteiger partial charge is 0.218 e. The molecule has 1 aromatic heterocycles. The van der Waals surface area contributed by atoms with E-state index in [0.717, 1.165) is 41.4 Å². The minimum Gasteiger partial charge on any atom is -0.287 e. The molecule has 0 amide bonds. The average molecular weight is 344 g/mol. The lowest BCUT2D eigenvalue weighted by Crippen LogP contribution is -2.27. The maximum atomic E-state index is 11.5. The molecule has 0 bridgehead atoms. The van der Waals surface area contributed by atoms with Crippen LogP contribution in [0.2, 0.25) is 0 Å². The predicted octanol–water partition coefficient (Wildman–Crippen LogP) is 5.14. The van der Waals surface area contributed by atoms with E-state index in [9.17, 15) is 10.1 Å². The van der Waals surface area contributed by atoms with Crippen molar-refractivity contribution in [3.05, 3.63) is 70.9 Å². The van der Waals surface area contributed by atoms with Crippen LogP contribution in [0, 0.1) is 18.3 Å². The molecule has 4 rings (SSSR count). The van der Waals surface area contributed by atoms with Gasteiger partial charge in [0.25, 0.3) is 0 Å². The van der Waals surface area contributed by atoms with Gasteiger partial charge in [-0.15, -0.1) is 0 Å². The Morgan fingerprint density at radius 3 is 2.73 bits per heavy atom. The van der Waals surface area contributed by atoms with E-state index in [0.29, 0.717) is 0 Å². The summed E-state index contributed by atoms with van der Waals surface area (Å²) in [5.41, 5.74) is 4.78. The number of carbonyl (C=O) groups is 1. The van der Waals surface area contributed by atoms with E-state index in [-0.39, 0.29) is 13.3 Å². The standard InChI is InChI=1S/C22H20N2O.CH4/c1-15-11-17-7-9-18(12-21(17)24(15)14-25)22(2,13-23)20-10-8-16-5-3-4-6-19(16)20;/h3-7,9,11-12,14,20H,8,10H2,1-2H3;1H4/t20-,22-;/m1./s1. The molecule has 2 aromatic carbocycles. The first-order valence-corrected chi connectivity index (χ1v) is 8.65. The van der Waals surface area contributed by atoms with Gasteiger partial charge >= 0.3 is 0 Å². The van der Waals surface area contributed by atoms with Crippen LogP contribution in [0.4, 0.5) is 0 Å². The molecule has 1 aliphatic carbocycles. The highest BCUT2D eigenvalue weighted by molar-refractivity contribution is 5.87. The monoisotopic (exact) mass is 344 g/mol. The van der Waals surface area contributed by atoms with Crippen molar-refractivity contribution < 1.29 is 4.79 Å². The van der Waals surface area contributed by atoms with Gasteiger partial charge in [-0.3, -0.25) is 9.36 Å². The van der Waals surface area contributed by atoms with Crippen molar-refractivity contribution in [1.29, 1.82) is 5.26 Å². The highest BCUT2D eigenvalue weighted by Crippen LogP contribution is 2.47. The third-order valence-corrected chi connectivity index (χ3v) is 5.80. The molecular formula is C23H24N2O. The maximum Gasteiger partial charge on any atom is 0.218 e. The summed E-state index contributed by atoms with van der Waals surface area (Å²) in [6.45, 7) is 3.95. The summed E-state index contributed by atoms with van der Waals surface area (Å²) in [7, 11) is 0. The van der Waals surface area contributed by atoms with Crippen LogP contribution >= 0.6 is 0 Å². The Kier molecular flexibility index (Phi) is 4.46. The van der Waals surface area contributed by atoms with Gasteiger partial charge in [-0.05, 0) is 55.5 Å². The topological polar surface area (TPSA) is 45.8 Å². The summed E-state index contributed by atoms with van der Waals surface area (Å²) < 4.78 is 1.65. The summed E-state index contributed by atoms with van der Waals surface area (Å²) in [5, 5.41) is 11.1. The average Bonchev–Trinajstić information content (AvgIpc) is 3.20. The Balaban J connectivity index is 0.00000196. The number of nitrogens with zero attached hydrogens (tertiary/aromatic N) is 2. The number of fused-ring (bicyclic) bond motifs is 2. The molecule has 1 aliphatic rings. The zero-order chi connectivity index (χ0) is 17.6. The fraction of sp³-hybridized carbons (Fsp3) is 0.304. The van der Waals surface area contributed by atoms with Gasteiger partial charge in [0.2, 0.25) is 6.41 Å². The van der Waals surface area contributed by atoms with E-state index >= 15 is 0 Å². The Bertz CT molecular complexity index is 1020. The van der Waals surface area contributed by atoms with Gasteiger partial charge in [0, 0.05) is 17.0 Å². The number of aryl methyl sites for hydroxylation is 2. The first-order chi connectivity index (χ1) is 12.1. The predicted molar refractivity (Wildman–Crippen MR) is 106 cm³/mol. The number of nitriles is 1. The van der Waals surface area contributed by atoms with E-state index in [1.807, 2.05) is 38.1 Å². The third-order valence-electron chi connectivity index (χ3n) is 5.80. The zero-order valence-electron chi connectivity index (χ0n) is 14.5. The molecule has 2 atom stereocenters. The maximum absolute atomic E-state index is 11.5. The molecule has 0 unspecified atom stereocenters. The molecule has 3 heteroatoms. The molecule has 0 saturated heterocycles. The van der Waals surface area contributed by atoms with Gasteiger partial charge in [0.05, 0.1) is 17.0 Å². The highest BCUT2D eigenvalue weighted by atomic mass is 16.1. The third kappa shape index (κ3) is 2.45. The van der Waals surface area contributed by atoms with Crippen molar-refractivity contribution >= 4 is 17.3 Å². The number of carbonyl (C=O) groups excluding carboxylic acids is 1. The second-order valence-electron chi connectivity index (χ2n) is 7.14. The summed E-state index contributed by atoms with van der Waals surface area (Å²) >= 11 is 0. The molecule has 0 radical (unpaired) electrons. The van der Waals surface area contributed by atoms with Gasteiger partial charge < -0.3 is 0 Å². The number of benzene rings is 2. The summed E-state index contributed by atoms with van der Waals surface area (Å²) in [6, 6.07) is 19.1. The molecule has 1 heterocycles. The van der Waals surface area contributed by atoms with Gasteiger partial charge in [-0.2, -0.15) is 5.26 Å². The van der Waals surface area contributed by atoms with E-state index in [1.54, 1.807) is 4.57 Å². The number of aromatic nitrogens is 1. The van der Waals surface area contributed by atoms with Crippen LogP contribution < -0.4 is 0 Å². The van der Waals surface area contributed by atoms with E-state index in [4.69, 9.17) is 0 Å². The molecule has 3 aromatic rings. The SMILES string of the molecule is C.Cc1cc2ccc([C@@](C)(C#N)[C@@H]3CCc4ccccc43)cc2n1C=O. The summed E-state index contributed by atoms with van der Waals surface area (Å²) in [5.74, 6) is 0.173. The van der Waals surface area contributed by atoms with E-state index in [2.05, 4.69) is 30.3 Å². The van der Waals surface area contributed by atoms with Crippen molar-refractivity contribution in [2.75, 3.05) is 0 Å². The van der Waals surface area contributed by atoms with Crippen LogP contribution in [0.3, 0.4) is 0 Å². The Morgan fingerprint density at radius 2 is 2.00 bits per heavy atom. The fourth-order valence-corrected chi connectivity index (χ4v) is 4.32. The van der Waals surface area contributed by atoms with Crippen molar-refractivity contribution in [2.24, 2.45) is 0 Å². The Morgan fingerprint density at radius 1 is 1.23 bits per heavy atom. The number of hydrogen-bond acceptors (Lipinski definition) is 2. The van der Waals surface area contributed by atoms with Crippen LogP contribution in [0.1, 0.15) is 49.1 Å². The first kappa shape index (κ1) is 17.9. The quantitative estimate of drug-likeness (QED) is 0.618. The molecule has 0 fully saturated rings. The minimum absolute atomic E-state index is 0. The lowest BCUT2D eigenvalue weighted by atomic mass is 9.70.